The van der Waals surface area contributed by atoms with E-state index in [0.29, 0.717) is 42.2 Å². The lowest BCUT2D eigenvalue weighted by Crippen LogP contribution is -2.48. The summed E-state index contributed by atoms with van der Waals surface area (Å²) >= 11 is 12.0. The van der Waals surface area contributed by atoms with Gasteiger partial charge in [0.1, 0.15) is 0 Å². The van der Waals surface area contributed by atoms with E-state index in [9.17, 15) is 4.79 Å². The van der Waals surface area contributed by atoms with Crippen molar-refractivity contribution in [2.45, 2.75) is 0 Å². The molecule has 0 radical (unpaired) electrons. The Labute approximate surface area is 150 Å². The molecule has 1 saturated heterocycles. The maximum absolute atomic E-state index is 12.3. The Bertz CT molecular complexity index is 744. The van der Waals surface area contributed by atoms with Crippen molar-refractivity contribution < 1.29 is 4.79 Å². The first-order valence-electron chi connectivity index (χ1n) is 7.57. The van der Waals surface area contributed by atoms with Gasteiger partial charge in [0.25, 0.3) is 0 Å². The molecular weight excluding hydrogens is 347 g/mol. The molecular formula is C17H16Cl2N4O. The molecule has 0 unspecified atom stereocenters. The number of halogens is 2. The lowest BCUT2D eigenvalue weighted by atomic mass is 10.2. The summed E-state index contributed by atoms with van der Waals surface area (Å²) in [7, 11) is 0. The van der Waals surface area contributed by atoms with Gasteiger partial charge in [-0.15, -0.1) is 0 Å². The molecule has 0 aliphatic carbocycles. The van der Waals surface area contributed by atoms with Crippen LogP contribution in [0.4, 0.5) is 5.95 Å². The highest BCUT2D eigenvalue weighted by molar-refractivity contribution is 6.35. The van der Waals surface area contributed by atoms with Gasteiger partial charge in [-0.3, -0.25) is 4.79 Å². The molecule has 3 rings (SSSR count). The van der Waals surface area contributed by atoms with Crippen LogP contribution >= 0.6 is 23.2 Å². The number of anilines is 1. The van der Waals surface area contributed by atoms with Crippen LogP contribution in [0.15, 0.2) is 42.7 Å². The third-order valence-corrected chi connectivity index (χ3v) is 4.36. The van der Waals surface area contributed by atoms with Crippen molar-refractivity contribution in [2.24, 2.45) is 0 Å². The second kappa shape index (κ2) is 7.64. The number of piperazine rings is 1. The fraction of sp³-hybridized carbons (Fsp3) is 0.235. The summed E-state index contributed by atoms with van der Waals surface area (Å²) in [5.74, 6) is 0.669. The summed E-state index contributed by atoms with van der Waals surface area (Å²) in [5.41, 5.74) is 0.769. The Morgan fingerprint density at radius 1 is 1.08 bits per heavy atom. The predicted molar refractivity (Wildman–Crippen MR) is 96.3 cm³/mol. The predicted octanol–water partition coefficient (Wildman–Crippen LogP) is 3.15. The van der Waals surface area contributed by atoms with Crippen LogP contribution in [0.2, 0.25) is 10.0 Å². The molecule has 0 bridgehead atoms. The Morgan fingerprint density at radius 2 is 1.79 bits per heavy atom. The maximum Gasteiger partial charge on any atom is 0.246 e. The van der Waals surface area contributed by atoms with Crippen molar-refractivity contribution in [2.75, 3.05) is 31.1 Å². The van der Waals surface area contributed by atoms with Gasteiger partial charge in [0, 0.05) is 54.7 Å². The van der Waals surface area contributed by atoms with E-state index in [1.807, 2.05) is 0 Å². The summed E-state index contributed by atoms with van der Waals surface area (Å²) in [6.07, 6.45) is 6.70. The van der Waals surface area contributed by atoms with Gasteiger partial charge >= 0.3 is 0 Å². The highest BCUT2D eigenvalue weighted by Crippen LogP contribution is 2.22. The Kier molecular flexibility index (Phi) is 5.33. The minimum absolute atomic E-state index is 0.0327. The van der Waals surface area contributed by atoms with Crippen molar-refractivity contribution in [3.8, 4) is 0 Å². The monoisotopic (exact) mass is 362 g/mol. The smallest absolute Gasteiger partial charge is 0.246 e. The number of hydrogen-bond donors (Lipinski definition) is 0. The molecule has 0 spiro atoms. The molecule has 124 valence electrons. The summed E-state index contributed by atoms with van der Waals surface area (Å²) < 4.78 is 0. The minimum atomic E-state index is -0.0327. The summed E-state index contributed by atoms with van der Waals surface area (Å²) in [4.78, 5) is 24.7. The van der Waals surface area contributed by atoms with Gasteiger partial charge in [-0.2, -0.15) is 0 Å². The zero-order valence-corrected chi connectivity index (χ0v) is 14.4. The Hall–Kier alpha value is -2.11. The number of carbonyl (C=O) groups excluding carboxylic acids is 1. The minimum Gasteiger partial charge on any atom is -0.337 e. The normalized spacial score (nSPS) is 15.1. The lowest BCUT2D eigenvalue weighted by molar-refractivity contribution is -0.126. The van der Waals surface area contributed by atoms with E-state index < -0.39 is 0 Å². The molecule has 2 aromatic rings. The van der Waals surface area contributed by atoms with E-state index in [2.05, 4.69) is 14.9 Å². The number of amides is 1. The fourth-order valence-corrected chi connectivity index (χ4v) is 2.96. The Balaban J connectivity index is 1.58. The van der Waals surface area contributed by atoms with Gasteiger partial charge in [-0.1, -0.05) is 29.3 Å². The number of aromatic nitrogens is 2. The lowest BCUT2D eigenvalue weighted by Gasteiger charge is -2.34. The molecule has 1 aliphatic heterocycles. The van der Waals surface area contributed by atoms with Gasteiger partial charge in [-0.25, -0.2) is 9.97 Å². The van der Waals surface area contributed by atoms with E-state index in [1.165, 1.54) is 0 Å². The van der Waals surface area contributed by atoms with Gasteiger partial charge in [0.15, 0.2) is 0 Å². The quantitative estimate of drug-likeness (QED) is 0.787. The van der Waals surface area contributed by atoms with Gasteiger partial charge in [0.05, 0.1) is 0 Å². The van der Waals surface area contributed by atoms with Gasteiger partial charge < -0.3 is 9.80 Å². The van der Waals surface area contributed by atoms with Crippen LogP contribution in [-0.2, 0) is 4.79 Å². The Morgan fingerprint density at radius 3 is 2.46 bits per heavy atom. The van der Waals surface area contributed by atoms with Crippen LogP contribution in [-0.4, -0.2) is 47.0 Å². The summed E-state index contributed by atoms with van der Waals surface area (Å²) in [6.45, 7) is 2.70. The average Bonchev–Trinajstić information content (AvgIpc) is 2.62. The fourth-order valence-electron chi connectivity index (χ4n) is 2.48. The number of nitrogens with zero attached hydrogens (tertiary/aromatic N) is 4. The van der Waals surface area contributed by atoms with E-state index in [4.69, 9.17) is 23.2 Å². The highest BCUT2D eigenvalue weighted by Gasteiger charge is 2.20. The molecule has 1 aliphatic rings. The van der Waals surface area contributed by atoms with Crippen molar-refractivity contribution in [3.63, 3.8) is 0 Å². The zero-order valence-electron chi connectivity index (χ0n) is 12.9. The van der Waals surface area contributed by atoms with E-state index in [1.54, 1.807) is 53.7 Å². The number of hydrogen-bond acceptors (Lipinski definition) is 4. The largest absolute Gasteiger partial charge is 0.337 e. The van der Waals surface area contributed by atoms with E-state index >= 15 is 0 Å². The summed E-state index contributed by atoms with van der Waals surface area (Å²) in [6, 6.07) is 6.98. The van der Waals surface area contributed by atoms with Crippen molar-refractivity contribution in [3.05, 3.63) is 58.3 Å². The molecule has 0 saturated carbocycles. The van der Waals surface area contributed by atoms with Crippen LogP contribution in [0.3, 0.4) is 0 Å². The first-order valence-corrected chi connectivity index (χ1v) is 8.33. The van der Waals surface area contributed by atoms with Crippen molar-refractivity contribution in [1.82, 2.24) is 14.9 Å². The van der Waals surface area contributed by atoms with Crippen LogP contribution < -0.4 is 4.90 Å². The third-order valence-electron chi connectivity index (χ3n) is 3.79. The summed E-state index contributed by atoms with van der Waals surface area (Å²) in [5, 5.41) is 1.10. The zero-order chi connectivity index (χ0) is 16.9. The van der Waals surface area contributed by atoms with Gasteiger partial charge in [-0.05, 0) is 29.8 Å². The van der Waals surface area contributed by atoms with Crippen LogP contribution in [0.1, 0.15) is 5.56 Å². The number of benzene rings is 1. The van der Waals surface area contributed by atoms with Crippen LogP contribution in [0, 0.1) is 0 Å². The molecule has 0 N–H and O–H groups in total. The second-order valence-corrected chi connectivity index (χ2v) is 6.20. The molecule has 1 aromatic heterocycles. The topological polar surface area (TPSA) is 49.3 Å². The standard InChI is InChI=1S/C17H16Cl2N4O/c18-14-4-2-13(15(19)12-14)3-5-16(24)22-8-10-23(11-9-22)17-20-6-1-7-21-17/h1-7,12H,8-11H2/b5-3+. The molecule has 0 atom stereocenters. The van der Waals surface area contributed by atoms with E-state index in [0.717, 1.165) is 5.56 Å². The molecule has 1 amide bonds. The SMILES string of the molecule is O=C(/C=C/c1ccc(Cl)cc1Cl)N1CCN(c2ncccn2)CC1. The average molecular weight is 363 g/mol. The molecule has 5 nitrogen and oxygen atoms in total. The van der Waals surface area contributed by atoms with E-state index in [-0.39, 0.29) is 5.91 Å². The maximum atomic E-state index is 12.3. The number of rotatable bonds is 3. The van der Waals surface area contributed by atoms with Crippen LogP contribution in [0.25, 0.3) is 6.08 Å². The first kappa shape index (κ1) is 16.7. The van der Waals surface area contributed by atoms with Gasteiger partial charge in [0.2, 0.25) is 11.9 Å². The molecule has 2 heterocycles. The number of carbonyl (C=O) groups is 1. The molecule has 1 fully saturated rings. The second-order valence-electron chi connectivity index (χ2n) is 5.36. The van der Waals surface area contributed by atoms with Crippen molar-refractivity contribution in [1.29, 1.82) is 0 Å². The van der Waals surface area contributed by atoms with Crippen molar-refractivity contribution >= 4 is 41.1 Å². The highest BCUT2D eigenvalue weighted by atomic mass is 35.5. The molecule has 1 aromatic carbocycles. The third kappa shape index (κ3) is 4.04. The first-order chi connectivity index (χ1) is 11.6. The van der Waals surface area contributed by atoms with Crippen LogP contribution in [0.5, 0.6) is 0 Å². The molecule has 24 heavy (non-hydrogen) atoms. The molecule has 7 heteroatoms.